The molecule has 5 nitrogen and oxygen atoms in total. The number of pyridine rings is 1. The largest absolute Gasteiger partial charge is 0.334 e. The molecule has 0 aliphatic carbocycles. The van der Waals surface area contributed by atoms with Crippen LogP contribution < -0.4 is 16.2 Å². The van der Waals surface area contributed by atoms with Crippen molar-refractivity contribution in [2.75, 3.05) is 11.1 Å². The van der Waals surface area contributed by atoms with Crippen LogP contribution in [0.25, 0.3) is 0 Å². The summed E-state index contributed by atoms with van der Waals surface area (Å²) in [6, 6.07) is 11.5. The molecule has 2 amide bonds. The summed E-state index contributed by atoms with van der Waals surface area (Å²) in [6.45, 7) is 3.85. The summed E-state index contributed by atoms with van der Waals surface area (Å²) in [5.41, 5.74) is 1.30. The molecule has 1 aromatic heterocycles. The van der Waals surface area contributed by atoms with Gasteiger partial charge in [0.05, 0.1) is 5.69 Å². The van der Waals surface area contributed by atoms with E-state index in [1.807, 2.05) is 25.1 Å². The average Bonchev–Trinajstić information content (AvgIpc) is 2.57. The lowest BCUT2D eigenvalue weighted by Crippen LogP contribution is -2.39. The first-order valence-electron chi connectivity index (χ1n) is 7.92. The van der Waals surface area contributed by atoms with Gasteiger partial charge in [-0.1, -0.05) is 25.1 Å². The number of aromatic nitrogens is 1. The summed E-state index contributed by atoms with van der Waals surface area (Å²) in [7, 11) is 1.66. The van der Waals surface area contributed by atoms with Crippen LogP contribution in [0.3, 0.4) is 0 Å². The molecule has 2 aromatic rings. The molecule has 2 rings (SSSR count). The van der Waals surface area contributed by atoms with Crippen LogP contribution >= 0.6 is 11.8 Å². The van der Waals surface area contributed by atoms with Crippen molar-refractivity contribution in [2.24, 2.45) is 7.05 Å². The van der Waals surface area contributed by atoms with Crippen molar-refractivity contribution in [3.05, 3.63) is 58.5 Å². The molecule has 2 N–H and O–H groups in total. The fourth-order valence-corrected chi connectivity index (χ4v) is 3.24. The van der Waals surface area contributed by atoms with Crippen LogP contribution in [0.15, 0.2) is 52.3 Å². The van der Waals surface area contributed by atoms with Crippen LogP contribution in [0.2, 0.25) is 0 Å². The number of thioether (sulfide) groups is 1. The highest BCUT2D eigenvalue weighted by molar-refractivity contribution is 7.99. The summed E-state index contributed by atoms with van der Waals surface area (Å²) >= 11 is 1.72. The van der Waals surface area contributed by atoms with Crippen molar-refractivity contribution in [3.63, 3.8) is 0 Å². The van der Waals surface area contributed by atoms with Crippen LogP contribution in [-0.4, -0.2) is 22.4 Å². The van der Waals surface area contributed by atoms with Gasteiger partial charge in [-0.3, -0.25) is 4.79 Å². The highest BCUT2D eigenvalue weighted by Crippen LogP contribution is 2.19. The van der Waals surface area contributed by atoms with Crippen molar-refractivity contribution in [3.8, 4) is 0 Å². The highest BCUT2D eigenvalue weighted by atomic mass is 32.2. The molecular weight excluding hydrogens is 322 g/mol. The lowest BCUT2D eigenvalue weighted by atomic mass is 10.2. The Morgan fingerprint density at radius 3 is 2.67 bits per heavy atom. The van der Waals surface area contributed by atoms with E-state index in [1.54, 1.807) is 31.9 Å². The van der Waals surface area contributed by atoms with Gasteiger partial charge in [0.2, 0.25) is 0 Å². The smallest absolute Gasteiger partial charge is 0.319 e. The van der Waals surface area contributed by atoms with Gasteiger partial charge >= 0.3 is 6.03 Å². The fraction of sp³-hybridized carbons (Fsp3) is 0.333. The predicted octanol–water partition coefficient (Wildman–Crippen LogP) is 3.39. The highest BCUT2D eigenvalue weighted by Gasteiger charge is 2.12. The van der Waals surface area contributed by atoms with E-state index >= 15 is 0 Å². The summed E-state index contributed by atoms with van der Waals surface area (Å²) < 4.78 is 1.45. The number of urea groups is 1. The minimum absolute atomic E-state index is 0.0723. The predicted molar refractivity (Wildman–Crippen MR) is 99.8 cm³/mol. The van der Waals surface area contributed by atoms with Gasteiger partial charge in [-0.15, -0.1) is 11.8 Å². The molecule has 0 bridgehead atoms. The van der Waals surface area contributed by atoms with Crippen LogP contribution in [0.1, 0.15) is 18.9 Å². The molecule has 0 unspecified atom stereocenters. The van der Waals surface area contributed by atoms with Gasteiger partial charge < -0.3 is 15.2 Å². The van der Waals surface area contributed by atoms with Gasteiger partial charge in [0.25, 0.3) is 5.56 Å². The van der Waals surface area contributed by atoms with Gasteiger partial charge in [-0.05, 0) is 31.0 Å². The number of amides is 2. The maximum absolute atomic E-state index is 12.2. The maximum atomic E-state index is 12.2. The van der Waals surface area contributed by atoms with Gasteiger partial charge in [0.1, 0.15) is 0 Å². The van der Waals surface area contributed by atoms with Gasteiger partial charge in [0, 0.05) is 36.0 Å². The number of rotatable bonds is 6. The van der Waals surface area contributed by atoms with E-state index < -0.39 is 0 Å². The summed E-state index contributed by atoms with van der Waals surface area (Å²) in [6.07, 6.45) is 2.48. The normalized spacial score (nSPS) is 11.8. The number of carbonyl (C=O) groups excluding carboxylic acids is 1. The SMILES string of the molecule is CC[C@H](CSc1ccccc1)NC(=O)Nc1cn(C)c(=O)cc1C. The number of hydrogen-bond donors (Lipinski definition) is 2. The van der Waals surface area contributed by atoms with Gasteiger partial charge in [-0.2, -0.15) is 0 Å². The number of benzene rings is 1. The molecule has 0 aliphatic rings. The molecule has 6 heteroatoms. The molecule has 0 aliphatic heterocycles. The number of hydrogen-bond acceptors (Lipinski definition) is 3. The molecule has 128 valence electrons. The third kappa shape index (κ3) is 5.16. The number of nitrogens with zero attached hydrogens (tertiary/aromatic N) is 1. The molecule has 0 radical (unpaired) electrons. The number of carbonyl (C=O) groups is 1. The average molecular weight is 345 g/mol. The van der Waals surface area contributed by atoms with Crippen molar-refractivity contribution in [1.82, 2.24) is 9.88 Å². The van der Waals surface area contributed by atoms with Crippen molar-refractivity contribution < 1.29 is 4.79 Å². The van der Waals surface area contributed by atoms with E-state index in [1.165, 1.54) is 15.5 Å². The summed E-state index contributed by atoms with van der Waals surface area (Å²) in [4.78, 5) is 25.0. The van der Waals surface area contributed by atoms with Crippen molar-refractivity contribution >= 4 is 23.5 Å². The van der Waals surface area contributed by atoms with Crippen LogP contribution in [-0.2, 0) is 7.05 Å². The second-order valence-electron chi connectivity index (χ2n) is 5.65. The fourth-order valence-electron chi connectivity index (χ4n) is 2.17. The maximum Gasteiger partial charge on any atom is 0.319 e. The summed E-state index contributed by atoms with van der Waals surface area (Å²) in [5.74, 6) is 0.806. The lowest BCUT2D eigenvalue weighted by molar-refractivity contribution is 0.249. The Bertz CT molecular complexity index is 744. The molecule has 0 spiro atoms. The topological polar surface area (TPSA) is 63.1 Å². The van der Waals surface area contributed by atoms with Crippen molar-refractivity contribution in [1.29, 1.82) is 0 Å². The van der Waals surface area contributed by atoms with Crippen LogP contribution in [0.5, 0.6) is 0 Å². The van der Waals surface area contributed by atoms with Crippen molar-refractivity contribution in [2.45, 2.75) is 31.2 Å². The lowest BCUT2D eigenvalue weighted by Gasteiger charge is -2.18. The Labute approximate surface area is 146 Å². The first kappa shape index (κ1) is 18.1. The Balaban J connectivity index is 1.92. The van der Waals surface area contributed by atoms with E-state index in [9.17, 15) is 9.59 Å². The summed E-state index contributed by atoms with van der Waals surface area (Å²) in [5, 5.41) is 5.81. The zero-order valence-electron chi connectivity index (χ0n) is 14.2. The first-order chi connectivity index (χ1) is 11.5. The first-order valence-corrected chi connectivity index (χ1v) is 8.90. The Morgan fingerprint density at radius 1 is 1.29 bits per heavy atom. The van der Waals surface area contributed by atoms with Crippen LogP contribution in [0.4, 0.5) is 10.5 Å². The Hall–Kier alpha value is -2.21. The second-order valence-corrected chi connectivity index (χ2v) is 6.74. The molecule has 0 fully saturated rings. The van der Waals surface area contributed by atoms with E-state index in [0.717, 1.165) is 17.7 Å². The third-order valence-corrected chi connectivity index (χ3v) is 4.88. The zero-order valence-corrected chi connectivity index (χ0v) is 15.0. The third-order valence-electron chi connectivity index (χ3n) is 3.71. The van der Waals surface area contributed by atoms with Crippen LogP contribution in [0, 0.1) is 6.92 Å². The molecule has 24 heavy (non-hydrogen) atoms. The monoisotopic (exact) mass is 345 g/mol. The number of anilines is 1. The van der Waals surface area contributed by atoms with E-state index in [4.69, 9.17) is 0 Å². The van der Waals surface area contributed by atoms with E-state index in [0.29, 0.717) is 5.69 Å². The minimum atomic E-state index is -0.253. The molecule has 0 saturated heterocycles. The molecule has 1 atom stereocenters. The number of nitrogens with one attached hydrogen (secondary N) is 2. The number of aryl methyl sites for hydroxylation is 2. The van der Waals surface area contributed by atoms with Gasteiger partial charge in [0.15, 0.2) is 0 Å². The standard InChI is InChI=1S/C18H23N3O2S/c1-4-14(12-24-15-8-6-5-7-9-15)19-18(23)20-16-11-21(3)17(22)10-13(16)2/h5-11,14H,4,12H2,1-3H3,(H2,19,20,23)/t14-/m1/s1. The van der Waals surface area contributed by atoms with Gasteiger partial charge in [-0.25, -0.2) is 4.79 Å². The quantitative estimate of drug-likeness (QED) is 0.789. The molecule has 1 heterocycles. The molecule has 1 aromatic carbocycles. The Morgan fingerprint density at radius 2 is 2.00 bits per heavy atom. The second kappa shape index (κ2) is 8.59. The Kier molecular flexibility index (Phi) is 6.49. The molecular formula is C18H23N3O2S. The molecule has 0 saturated carbocycles. The van der Waals surface area contributed by atoms with E-state index in [2.05, 4.69) is 22.8 Å². The van der Waals surface area contributed by atoms with E-state index in [-0.39, 0.29) is 17.6 Å². The minimum Gasteiger partial charge on any atom is -0.334 e. The zero-order chi connectivity index (χ0) is 17.5.